The predicted molar refractivity (Wildman–Crippen MR) is 143 cm³/mol. The first kappa shape index (κ1) is 26.8. The Morgan fingerprint density at radius 1 is 0.848 bits per heavy atom. The van der Waals surface area contributed by atoms with Crippen molar-refractivity contribution in [3.8, 4) is 0 Å². The molecule has 33 heavy (non-hydrogen) atoms. The van der Waals surface area contributed by atoms with Crippen molar-refractivity contribution in [1.82, 2.24) is 0 Å². The van der Waals surface area contributed by atoms with Crippen molar-refractivity contribution in [1.29, 1.82) is 5.41 Å². The highest BCUT2D eigenvalue weighted by Crippen LogP contribution is 2.31. The van der Waals surface area contributed by atoms with Gasteiger partial charge in [0.1, 0.15) is 6.61 Å². The van der Waals surface area contributed by atoms with Gasteiger partial charge in [-0.2, -0.15) is 0 Å². The lowest BCUT2D eigenvalue weighted by atomic mass is 10.1. The third-order valence-electron chi connectivity index (χ3n) is 5.37. The van der Waals surface area contributed by atoms with Crippen LogP contribution in [0.1, 0.15) is 78.9 Å². The van der Waals surface area contributed by atoms with Crippen LogP contribution >= 0.6 is 9.24 Å². The summed E-state index contributed by atoms with van der Waals surface area (Å²) in [4.78, 5) is 0. The number of benzene rings is 3. The SMILES string of the molecule is CCCC.Cc1ccc(C(=N)OCc2cccc(C(P)OC(C)c3ccc(C)cc3)c2)cc1. The molecule has 0 amide bonds. The molecule has 0 heterocycles. The minimum atomic E-state index is -0.122. The Hall–Kier alpha value is -2.48. The number of nitrogens with one attached hydrogen (secondary N) is 1. The second kappa shape index (κ2) is 13.9. The number of hydrogen-bond donors (Lipinski definition) is 1. The summed E-state index contributed by atoms with van der Waals surface area (Å²) < 4.78 is 11.9. The van der Waals surface area contributed by atoms with Gasteiger partial charge in [0.25, 0.3) is 0 Å². The van der Waals surface area contributed by atoms with Gasteiger partial charge in [-0.15, -0.1) is 9.24 Å². The topological polar surface area (TPSA) is 42.3 Å². The van der Waals surface area contributed by atoms with Crippen molar-refractivity contribution in [3.63, 3.8) is 0 Å². The largest absolute Gasteiger partial charge is 0.473 e. The molecule has 0 aromatic heterocycles. The zero-order chi connectivity index (χ0) is 24.2. The van der Waals surface area contributed by atoms with Crippen LogP contribution in [0.2, 0.25) is 0 Å². The molecule has 3 atom stereocenters. The number of hydrogen-bond acceptors (Lipinski definition) is 3. The molecular weight excluding hydrogens is 425 g/mol. The highest BCUT2D eigenvalue weighted by Gasteiger charge is 2.13. The van der Waals surface area contributed by atoms with E-state index in [0.29, 0.717) is 6.61 Å². The summed E-state index contributed by atoms with van der Waals surface area (Å²) in [5.74, 6) is 0.0601. The van der Waals surface area contributed by atoms with Crippen LogP contribution in [0.4, 0.5) is 0 Å². The normalized spacial score (nSPS) is 12.3. The van der Waals surface area contributed by atoms with Crippen LogP contribution in [0.3, 0.4) is 0 Å². The van der Waals surface area contributed by atoms with E-state index in [2.05, 4.69) is 67.3 Å². The monoisotopic (exact) mass is 463 g/mol. The van der Waals surface area contributed by atoms with Crippen LogP contribution in [-0.2, 0) is 16.1 Å². The second-order valence-electron chi connectivity index (χ2n) is 8.34. The molecule has 0 saturated heterocycles. The average molecular weight is 464 g/mol. The lowest BCUT2D eigenvalue weighted by molar-refractivity contribution is 0.0454. The molecule has 0 bridgehead atoms. The van der Waals surface area contributed by atoms with Gasteiger partial charge in [0.2, 0.25) is 5.90 Å². The molecular formula is C29H38NO2P. The molecule has 4 heteroatoms. The van der Waals surface area contributed by atoms with Crippen LogP contribution in [0, 0.1) is 19.3 Å². The van der Waals surface area contributed by atoms with Gasteiger partial charge in [0, 0.05) is 5.56 Å². The van der Waals surface area contributed by atoms with E-state index in [-0.39, 0.29) is 17.8 Å². The molecule has 0 radical (unpaired) electrons. The van der Waals surface area contributed by atoms with Crippen LogP contribution in [0.5, 0.6) is 0 Å². The fourth-order valence-corrected chi connectivity index (χ4v) is 3.46. The Labute approximate surface area is 202 Å². The maximum absolute atomic E-state index is 8.14. The number of ether oxygens (including phenoxy) is 2. The van der Waals surface area contributed by atoms with Crippen molar-refractivity contribution in [2.45, 2.75) is 66.0 Å². The van der Waals surface area contributed by atoms with Gasteiger partial charge in [-0.1, -0.05) is 92.4 Å². The summed E-state index contributed by atoms with van der Waals surface area (Å²) >= 11 is 0. The van der Waals surface area contributed by atoms with Crippen molar-refractivity contribution < 1.29 is 9.47 Å². The fourth-order valence-electron chi connectivity index (χ4n) is 3.02. The first-order valence-electron chi connectivity index (χ1n) is 11.7. The van der Waals surface area contributed by atoms with Gasteiger partial charge in [0.05, 0.1) is 11.9 Å². The minimum Gasteiger partial charge on any atom is -0.473 e. The van der Waals surface area contributed by atoms with Crippen LogP contribution in [0.25, 0.3) is 0 Å². The molecule has 3 nitrogen and oxygen atoms in total. The van der Waals surface area contributed by atoms with Crippen LogP contribution < -0.4 is 0 Å². The van der Waals surface area contributed by atoms with Gasteiger partial charge < -0.3 is 9.47 Å². The average Bonchev–Trinajstić information content (AvgIpc) is 2.83. The summed E-state index contributed by atoms with van der Waals surface area (Å²) in [6, 6.07) is 24.3. The third kappa shape index (κ3) is 9.12. The standard InChI is InChI=1S/C25H28NO2P.C4H10/c1-17-7-11-21(12-8-17)19(3)28-25(29)23-6-4-5-20(15-23)16-27-24(26)22-13-9-18(2)10-14-22;1-3-4-2/h4-15,19,25-26H,16,29H2,1-3H3;3-4H2,1-2H3. The highest BCUT2D eigenvalue weighted by molar-refractivity contribution is 7.16. The van der Waals surface area contributed by atoms with Crippen molar-refractivity contribution in [2.75, 3.05) is 0 Å². The van der Waals surface area contributed by atoms with Crippen LogP contribution in [-0.4, -0.2) is 5.90 Å². The van der Waals surface area contributed by atoms with E-state index in [1.54, 1.807) is 0 Å². The molecule has 0 aliphatic carbocycles. The summed E-state index contributed by atoms with van der Waals surface area (Å²) in [5, 5.41) is 8.14. The Kier molecular flexibility index (Phi) is 11.3. The quantitative estimate of drug-likeness (QED) is 0.207. The molecule has 0 spiro atoms. The van der Waals surface area contributed by atoms with Gasteiger partial charge in [0.15, 0.2) is 0 Å². The second-order valence-corrected chi connectivity index (χ2v) is 8.94. The molecule has 3 aromatic rings. The van der Waals surface area contributed by atoms with E-state index in [4.69, 9.17) is 14.9 Å². The Balaban J connectivity index is 0.000000890. The molecule has 0 saturated carbocycles. The number of rotatable bonds is 8. The van der Waals surface area contributed by atoms with Gasteiger partial charge >= 0.3 is 0 Å². The van der Waals surface area contributed by atoms with Gasteiger partial charge in [-0.3, -0.25) is 5.41 Å². The first-order chi connectivity index (χ1) is 15.8. The van der Waals surface area contributed by atoms with E-state index < -0.39 is 0 Å². The van der Waals surface area contributed by atoms with Crippen molar-refractivity contribution in [3.05, 3.63) is 106 Å². The lowest BCUT2D eigenvalue weighted by Gasteiger charge is -2.20. The minimum absolute atomic E-state index is 0.00674. The zero-order valence-corrected chi connectivity index (χ0v) is 21.8. The smallest absolute Gasteiger partial charge is 0.213 e. The molecule has 0 aliphatic rings. The maximum Gasteiger partial charge on any atom is 0.213 e. The summed E-state index contributed by atoms with van der Waals surface area (Å²) in [6.45, 7) is 10.9. The van der Waals surface area contributed by atoms with E-state index in [1.165, 1.54) is 24.0 Å². The zero-order valence-electron chi connectivity index (χ0n) is 20.6. The maximum atomic E-state index is 8.14. The van der Waals surface area contributed by atoms with E-state index in [1.807, 2.05) is 49.4 Å². The Bertz CT molecular complexity index is 981. The van der Waals surface area contributed by atoms with Gasteiger partial charge in [-0.25, -0.2) is 0 Å². The number of aryl methyl sites for hydroxylation is 2. The van der Waals surface area contributed by atoms with Crippen molar-refractivity contribution >= 4 is 15.1 Å². The Morgan fingerprint density at radius 2 is 1.42 bits per heavy atom. The molecule has 0 fully saturated rings. The summed E-state index contributed by atoms with van der Waals surface area (Å²) in [7, 11) is 2.77. The third-order valence-corrected chi connectivity index (χ3v) is 5.92. The summed E-state index contributed by atoms with van der Waals surface area (Å²) in [5.41, 5.74) is 6.43. The lowest BCUT2D eigenvalue weighted by Crippen LogP contribution is -2.06. The predicted octanol–water partition coefficient (Wildman–Crippen LogP) is 8.30. The van der Waals surface area contributed by atoms with Gasteiger partial charge in [-0.05, 0) is 55.7 Å². The van der Waals surface area contributed by atoms with E-state index >= 15 is 0 Å². The molecule has 176 valence electrons. The number of unbranched alkanes of at least 4 members (excludes halogenated alkanes) is 1. The van der Waals surface area contributed by atoms with Crippen molar-refractivity contribution in [2.24, 2.45) is 0 Å². The van der Waals surface area contributed by atoms with E-state index in [0.717, 1.165) is 22.3 Å². The molecule has 3 aromatic carbocycles. The Morgan fingerprint density at radius 3 is 2.00 bits per heavy atom. The van der Waals surface area contributed by atoms with Crippen LogP contribution in [0.15, 0.2) is 72.8 Å². The van der Waals surface area contributed by atoms with E-state index in [9.17, 15) is 0 Å². The molecule has 0 aliphatic heterocycles. The first-order valence-corrected chi connectivity index (χ1v) is 12.4. The summed E-state index contributed by atoms with van der Waals surface area (Å²) in [6.07, 6.45) is 2.63. The molecule has 3 rings (SSSR count). The molecule has 1 N–H and O–H groups in total. The molecule has 3 unspecified atom stereocenters. The highest BCUT2D eigenvalue weighted by atomic mass is 31.0. The fraction of sp³-hybridized carbons (Fsp3) is 0.345.